The van der Waals surface area contributed by atoms with Crippen molar-refractivity contribution in [3.05, 3.63) is 23.8 Å². The normalized spacial score (nSPS) is 26.6. The SMILES string of the molecule is N#Cc1ccc(N2CCCC3CCCCC32)cc1N. The Hall–Kier alpha value is -1.69. The standard InChI is InChI=1S/C16H21N3/c17-11-13-7-8-14(10-15(13)18)19-9-3-5-12-4-1-2-6-16(12)19/h7-8,10,12,16H,1-6,9,18H2. The lowest BCUT2D eigenvalue weighted by Gasteiger charge is -2.45. The molecule has 2 atom stereocenters. The zero-order valence-corrected chi connectivity index (χ0v) is 11.3. The Morgan fingerprint density at radius 1 is 1.16 bits per heavy atom. The Morgan fingerprint density at radius 2 is 1.95 bits per heavy atom. The van der Waals surface area contributed by atoms with E-state index >= 15 is 0 Å². The summed E-state index contributed by atoms with van der Waals surface area (Å²) in [4.78, 5) is 2.53. The number of hydrogen-bond acceptors (Lipinski definition) is 3. The van der Waals surface area contributed by atoms with Crippen molar-refractivity contribution in [3.63, 3.8) is 0 Å². The summed E-state index contributed by atoms with van der Waals surface area (Å²) in [6.07, 6.45) is 8.10. The van der Waals surface area contributed by atoms with E-state index in [0.29, 0.717) is 17.3 Å². The van der Waals surface area contributed by atoms with Crippen LogP contribution in [0.25, 0.3) is 0 Å². The minimum Gasteiger partial charge on any atom is -0.398 e. The predicted molar refractivity (Wildman–Crippen MR) is 77.9 cm³/mol. The molecule has 1 saturated heterocycles. The van der Waals surface area contributed by atoms with E-state index in [1.54, 1.807) is 0 Å². The summed E-state index contributed by atoms with van der Waals surface area (Å²) >= 11 is 0. The molecule has 100 valence electrons. The van der Waals surface area contributed by atoms with Gasteiger partial charge in [-0.25, -0.2) is 0 Å². The van der Waals surface area contributed by atoms with Crippen molar-refractivity contribution >= 4 is 11.4 Å². The van der Waals surface area contributed by atoms with E-state index in [1.807, 2.05) is 12.1 Å². The van der Waals surface area contributed by atoms with Crippen LogP contribution < -0.4 is 10.6 Å². The molecule has 1 aliphatic carbocycles. The number of nitrogen functional groups attached to an aromatic ring is 1. The van der Waals surface area contributed by atoms with Crippen molar-refractivity contribution in [2.45, 2.75) is 44.6 Å². The van der Waals surface area contributed by atoms with E-state index in [1.165, 1.54) is 44.2 Å². The zero-order chi connectivity index (χ0) is 13.2. The number of nitrogens with zero attached hydrogens (tertiary/aromatic N) is 2. The molecule has 2 fully saturated rings. The Balaban J connectivity index is 1.88. The van der Waals surface area contributed by atoms with Crippen LogP contribution in [-0.4, -0.2) is 12.6 Å². The van der Waals surface area contributed by atoms with Crippen LogP contribution in [0.1, 0.15) is 44.1 Å². The fourth-order valence-corrected chi connectivity index (χ4v) is 3.78. The molecule has 1 aromatic rings. The van der Waals surface area contributed by atoms with Crippen LogP contribution in [-0.2, 0) is 0 Å². The number of fused-ring (bicyclic) bond motifs is 1. The molecule has 0 aromatic heterocycles. The van der Waals surface area contributed by atoms with Crippen LogP contribution in [0.2, 0.25) is 0 Å². The van der Waals surface area contributed by atoms with Crippen LogP contribution in [0.4, 0.5) is 11.4 Å². The fraction of sp³-hybridized carbons (Fsp3) is 0.562. The average Bonchev–Trinajstić information content (AvgIpc) is 2.46. The Bertz CT molecular complexity index is 501. The molecule has 0 amide bonds. The number of benzene rings is 1. The summed E-state index contributed by atoms with van der Waals surface area (Å²) in [5.41, 5.74) is 8.35. The third-order valence-electron chi connectivity index (χ3n) is 4.73. The largest absolute Gasteiger partial charge is 0.398 e. The van der Waals surface area contributed by atoms with Gasteiger partial charge in [-0.3, -0.25) is 0 Å². The Labute approximate surface area is 115 Å². The van der Waals surface area contributed by atoms with Crippen molar-refractivity contribution in [3.8, 4) is 6.07 Å². The summed E-state index contributed by atoms with van der Waals surface area (Å²) in [6.45, 7) is 1.13. The second-order valence-corrected chi connectivity index (χ2v) is 5.83. The summed E-state index contributed by atoms with van der Waals surface area (Å²) in [5, 5.41) is 8.96. The lowest BCUT2D eigenvalue weighted by atomic mass is 9.78. The van der Waals surface area contributed by atoms with Crippen molar-refractivity contribution in [2.24, 2.45) is 5.92 Å². The highest BCUT2D eigenvalue weighted by atomic mass is 15.2. The van der Waals surface area contributed by atoms with Crippen molar-refractivity contribution in [1.29, 1.82) is 5.26 Å². The highest BCUT2D eigenvalue weighted by Gasteiger charge is 2.33. The third kappa shape index (κ3) is 2.28. The number of piperidine rings is 1. The van der Waals surface area contributed by atoms with Gasteiger partial charge in [-0.15, -0.1) is 0 Å². The van der Waals surface area contributed by atoms with Crippen molar-refractivity contribution < 1.29 is 0 Å². The van der Waals surface area contributed by atoms with Gasteiger partial charge >= 0.3 is 0 Å². The first-order chi connectivity index (χ1) is 9.29. The molecule has 2 N–H and O–H groups in total. The van der Waals surface area contributed by atoms with E-state index in [2.05, 4.69) is 17.0 Å². The number of hydrogen-bond donors (Lipinski definition) is 1. The highest BCUT2D eigenvalue weighted by molar-refractivity contribution is 5.64. The summed E-state index contributed by atoms with van der Waals surface area (Å²) in [5.74, 6) is 0.861. The van der Waals surface area contributed by atoms with Gasteiger partial charge in [-0.1, -0.05) is 12.8 Å². The summed E-state index contributed by atoms with van der Waals surface area (Å²) < 4.78 is 0. The molecule has 3 heteroatoms. The van der Waals surface area contributed by atoms with Gasteiger partial charge in [0, 0.05) is 18.3 Å². The maximum atomic E-state index is 8.96. The van der Waals surface area contributed by atoms with Gasteiger partial charge in [-0.05, 0) is 49.8 Å². The van der Waals surface area contributed by atoms with E-state index in [0.717, 1.165) is 12.5 Å². The van der Waals surface area contributed by atoms with Crippen LogP contribution >= 0.6 is 0 Å². The summed E-state index contributed by atoms with van der Waals surface area (Å²) in [7, 11) is 0. The monoisotopic (exact) mass is 255 g/mol. The van der Waals surface area contributed by atoms with E-state index < -0.39 is 0 Å². The van der Waals surface area contributed by atoms with Crippen molar-refractivity contribution in [1.82, 2.24) is 0 Å². The predicted octanol–water partition coefficient (Wildman–Crippen LogP) is 3.30. The Morgan fingerprint density at radius 3 is 2.74 bits per heavy atom. The highest BCUT2D eigenvalue weighted by Crippen LogP contribution is 2.38. The lowest BCUT2D eigenvalue weighted by molar-refractivity contribution is 0.244. The third-order valence-corrected chi connectivity index (χ3v) is 4.73. The molecule has 19 heavy (non-hydrogen) atoms. The van der Waals surface area contributed by atoms with E-state index in [4.69, 9.17) is 11.0 Å². The van der Waals surface area contributed by atoms with Crippen LogP contribution in [0.5, 0.6) is 0 Å². The first kappa shape index (κ1) is 12.3. The maximum Gasteiger partial charge on any atom is 0.101 e. The first-order valence-corrected chi connectivity index (χ1v) is 7.36. The smallest absolute Gasteiger partial charge is 0.101 e. The molecular weight excluding hydrogens is 234 g/mol. The number of anilines is 2. The van der Waals surface area contributed by atoms with E-state index in [9.17, 15) is 0 Å². The molecule has 0 radical (unpaired) electrons. The van der Waals surface area contributed by atoms with Crippen LogP contribution in [0.15, 0.2) is 18.2 Å². The molecule has 3 nitrogen and oxygen atoms in total. The molecular formula is C16H21N3. The zero-order valence-electron chi connectivity index (χ0n) is 11.3. The molecule has 3 rings (SSSR count). The molecule has 1 aromatic carbocycles. The number of rotatable bonds is 1. The van der Waals surface area contributed by atoms with Gasteiger partial charge in [0.05, 0.1) is 11.3 Å². The van der Waals surface area contributed by atoms with Gasteiger partial charge in [-0.2, -0.15) is 5.26 Å². The second kappa shape index (κ2) is 5.13. The number of nitriles is 1. The van der Waals surface area contributed by atoms with Gasteiger partial charge in [0.25, 0.3) is 0 Å². The minimum atomic E-state index is 0.584. The minimum absolute atomic E-state index is 0.584. The van der Waals surface area contributed by atoms with Gasteiger partial charge in [0.2, 0.25) is 0 Å². The topological polar surface area (TPSA) is 53.0 Å². The van der Waals surface area contributed by atoms with E-state index in [-0.39, 0.29) is 0 Å². The van der Waals surface area contributed by atoms with Crippen LogP contribution in [0.3, 0.4) is 0 Å². The summed E-state index contributed by atoms with van der Waals surface area (Å²) in [6, 6.07) is 8.73. The quantitative estimate of drug-likeness (QED) is 0.783. The molecule has 1 aliphatic heterocycles. The van der Waals surface area contributed by atoms with Crippen LogP contribution in [0, 0.1) is 17.2 Å². The molecule has 0 spiro atoms. The molecule has 2 unspecified atom stereocenters. The number of nitrogens with two attached hydrogens (primary N) is 1. The van der Waals surface area contributed by atoms with Gasteiger partial charge in [0.15, 0.2) is 0 Å². The molecule has 2 aliphatic rings. The first-order valence-electron chi connectivity index (χ1n) is 7.36. The fourth-order valence-electron chi connectivity index (χ4n) is 3.78. The molecule has 1 heterocycles. The van der Waals surface area contributed by atoms with Gasteiger partial charge in [0.1, 0.15) is 6.07 Å². The second-order valence-electron chi connectivity index (χ2n) is 5.83. The molecule has 1 saturated carbocycles. The molecule has 0 bridgehead atoms. The Kier molecular flexibility index (Phi) is 3.33. The maximum absolute atomic E-state index is 8.96. The van der Waals surface area contributed by atoms with Gasteiger partial charge < -0.3 is 10.6 Å². The lowest BCUT2D eigenvalue weighted by Crippen LogP contribution is -2.46. The van der Waals surface area contributed by atoms with Crippen molar-refractivity contribution in [2.75, 3.05) is 17.2 Å². The average molecular weight is 255 g/mol.